The number of rotatable bonds is 1. The van der Waals surface area contributed by atoms with E-state index in [9.17, 15) is 0 Å². The number of nitrogens with zero attached hydrogens (tertiary/aromatic N) is 1. The van der Waals surface area contributed by atoms with Crippen molar-refractivity contribution in [1.29, 1.82) is 0 Å². The molecule has 2 aliphatic heterocycles. The van der Waals surface area contributed by atoms with E-state index in [2.05, 4.69) is 36.1 Å². The van der Waals surface area contributed by atoms with Crippen molar-refractivity contribution in [2.45, 2.75) is 63.0 Å². The molecule has 116 valence electrons. The predicted octanol–water partition coefficient (Wildman–Crippen LogP) is 4.38. The summed E-state index contributed by atoms with van der Waals surface area (Å²) in [5.74, 6) is 1.84. The van der Waals surface area contributed by atoms with Gasteiger partial charge in [0.15, 0.2) is 0 Å². The Bertz CT molecular complexity index is 500. The minimum atomic E-state index is 0. The van der Waals surface area contributed by atoms with Crippen molar-refractivity contribution in [3.63, 3.8) is 0 Å². The Kier molecular flexibility index (Phi) is 4.20. The highest BCUT2D eigenvalue weighted by Gasteiger charge is 2.45. The lowest BCUT2D eigenvalue weighted by Crippen LogP contribution is -2.52. The monoisotopic (exact) mass is 307 g/mol. The maximum atomic E-state index is 6.38. The lowest BCUT2D eigenvalue weighted by molar-refractivity contribution is -0.0241. The third kappa shape index (κ3) is 2.80. The Balaban J connectivity index is 0.00000132. The van der Waals surface area contributed by atoms with Crippen LogP contribution in [-0.2, 0) is 0 Å². The lowest BCUT2D eigenvalue weighted by Gasteiger charge is -2.50. The Morgan fingerprint density at radius 3 is 2.67 bits per heavy atom. The normalized spacial score (nSPS) is 35.3. The highest BCUT2D eigenvalue weighted by atomic mass is 35.5. The molecule has 3 atom stereocenters. The number of fused-ring (bicyclic) bond motifs is 4. The van der Waals surface area contributed by atoms with Crippen LogP contribution in [0.25, 0.3) is 0 Å². The topological polar surface area (TPSA) is 12.5 Å². The summed E-state index contributed by atoms with van der Waals surface area (Å²) in [6.45, 7) is 4.93. The molecular formula is C18H26ClNO. The van der Waals surface area contributed by atoms with Crippen LogP contribution in [0.4, 0.5) is 0 Å². The Morgan fingerprint density at radius 1 is 1.10 bits per heavy atom. The molecule has 0 amide bonds. The van der Waals surface area contributed by atoms with Crippen LogP contribution in [-0.4, -0.2) is 29.6 Å². The van der Waals surface area contributed by atoms with Crippen LogP contribution in [0.1, 0.15) is 56.9 Å². The molecule has 4 rings (SSSR count). The van der Waals surface area contributed by atoms with E-state index in [1.54, 1.807) is 0 Å². The first kappa shape index (κ1) is 15.2. The van der Waals surface area contributed by atoms with E-state index in [4.69, 9.17) is 4.74 Å². The molecule has 0 radical (unpaired) electrons. The van der Waals surface area contributed by atoms with Crippen LogP contribution in [0.15, 0.2) is 24.3 Å². The standard InChI is InChI=1S/C18H25NO.ClH/c1-18-12-14(16-7-3-4-8-17(16)20-18)11-15(13-18)19-9-5-2-6-10-19;/h3-4,7-8,14-15H,2,5-6,9-13H2,1H3;1H/t14?,15-,18?;/m0./s1. The minimum Gasteiger partial charge on any atom is -0.487 e. The number of para-hydroxylation sites is 1. The fourth-order valence-electron chi connectivity index (χ4n) is 4.66. The van der Waals surface area contributed by atoms with Crippen molar-refractivity contribution in [1.82, 2.24) is 4.90 Å². The highest BCUT2D eigenvalue weighted by Crippen LogP contribution is 2.49. The average molecular weight is 308 g/mol. The fourth-order valence-corrected chi connectivity index (χ4v) is 4.66. The Hall–Kier alpha value is -0.730. The van der Waals surface area contributed by atoms with E-state index >= 15 is 0 Å². The van der Waals surface area contributed by atoms with E-state index in [1.807, 2.05) is 0 Å². The van der Waals surface area contributed by atoms with Gasteiger partial charge in [0, 0.05) is 12.5 Å². The molecule has 0 aromatic heterocycles. The molecule has 1 aliphatic carbocycles. The van der Waals surface area contributed by atoms with Gasteiger partial charge >= 0.3 is 0 Å². The zero-order chi connectivity index (χ0) is 13.6. The van der Waals surface area contributed by atoms with E-state index in [0.29, 0.717) is 5.92 Å². The minimum absolute atomic E-state index is 0. The van der Waals surface area contributed by atoms with Crippen LogP contribution < -0.4 is 4.74 Å². The number of hydrogen-bond donors (Lipinski definition) is 0. The van der Waals surface area contributed by atoms with Gasteiger partial charge in [-0.1, -0.05) is 24.6 Å². The molecule has 2 nitrogen and oxygen atoms in total. The Labute approximate surface area is 134 Å². The summed E-state index contributed by atoms with van der Waals surface area (Å²) in [6.07, 6.45) is 7.93. The predicted molar refractivity (Wildman–Crippen MR) is 88.5 cm³/mol. The van der Waals surface area contributed by atoms with Gasteiger partial charge in [-0.25, -0.2) is 0 Å². The van der Waals surface area contributed by atoms with E-state index in [1.165, 1.54) is 57.2 Å². The molecule has 21 heavy (non-hydrogen) atoms. The molecule has 1 saturated carbocycles. The molecule has 2 bridgehead atoms. The molecule has 1 aromatic rings. The second-order valence-electron chi connectivity index (χ2n) is 7.18. The quantitative estimate of drug-likeness (QED) is 0.763. The van der Waals surface area contributed by atoms with E-state index in [-0.39, 0.29) is 18.0 Å². The van der Waals surface area contributed by atoms with Crippen LogP contribution in [0, 0.1) is 0 Å². The van der Waals surface area contributed by atoms with Crippen LogP contribution in [0.2, 0.25) is 0 Å². The summed E-state index contributed by atoms with van der Waals surface area (Å²) in [5.41, 5.74) is 1.51. The first-order valence-electron chi connectivity index (χ1n) is 8.26. The fraction of sp³-hybridized carbons (Fsp3) is 0.667. The average Bonchev–Trinajstić information content (AvgIpc) is 2.47. The third-order valence-corrected chi connectivity index (χ3v) is 5.52. The van der Waals surface area contributed by atoms with Gasteiger partial charge in [0.25, 0.3) is 0 Å². The van der Waals surface area contributed by atoms with Gasteiger partial charge in [-0.05, 0) is 63.2 Å². The zero-order valence-electron chi connectivity index (χ0n) is 12.9. The summed E-state index contributed by atoms with van der Waals surface area (Å²) in [5, 5.41) is 0. The smallest absolute Gasteiger partial charge is 0.123 e. The number of likely N-dealkylation sites (tertiary alicyclic amines) is 1. The van der Waals surface area contributed by atoms with Gasteiger partial charge in [-0.15, -0.1) is 12.4 Å². The maximum absolute atomic E-state index is 6.38. The second-order valence-corrected chi connectivity index (χ2v) is 7.18. The van der Waals surface area contributed by atoms with Crippen molar-refractivity contribution < 1.29 is 4.74 Å². The largest absolute Gasteiger partial charge is 0.487 e. The molecule has 3 heteroatoms. The van der Waals surface area contributed by atoms with Crippen LogP contribution in [0.3, 0.4) is 0 Å². The first-order chi connectivity index (χ1) is 9.73. The molecule has 1 aromatic carbocycles. The van der Waals surface area contributed by atoms with Gasteiger partial charge in [0.05, 0.1) is 0 Å². The maximum Gasteiger partial charge on any atom is 0.123 e. The summed E-state index contributed by atoms with van der Waals surface area (Å²) >= 11 is 0. The van der Waals surface area contributed by atoms with Gasteiger partial charge in [0.1, 0.15) is 11.4 Å². The van der Waals surface area contributed by atoms with Crippen molar-refractivity contribution >= 4 is 12.4 Å². The van der Waals surface area contributed by atoms with Gasteiger partial charge in [-0.2, -0.15) is 0 Å². The SMILES string of the molecule is CC12CC(C[C@H](N3CCCCC3)C1)c1ccccc1O2.Cl. The lowest BCUT2D eigenvalue weighted by atomic mass is 9.71. The third-order valence-electron chi connectivity index (χ3n) is 5.52. The van der Waals surface area contributed by atoms with Crippen molar-refractivity contribution in [2.75, 3.05) is 13.1 Å². The number of benzene rings is 1. The summed E-state index contributed by atoms with van der Waals surface area (Å²) in [4.78, 5) is 2.74. The molecule has 1 saturated heterocycles. The van der Waals surface area contributed by atoms with Crippen LogP contribution >= 0.6 is 12.4 Å². The zero-order valence-corrected chi connectivity index (χ0v) is 13.7. The molecule has 2 heterocycles. The van der Waals surface area contributed by atoms with Gasteiger partial charge in [0.2, 0.25) is 0 Å². The van der Waals surface area contributed by atoms with Crippen molar-refractivity contribution in [3.05, 3.63) is 29.8 Å². The number of ether oxygens (including phenoxy) is 1. The van der Waals surface area contributed by atoms with Gasteiger partial charge < -0.3 is 9.64 Å². The second kappa shape index (κ2) is 5.81. The van der Waals surface area contributed by atoms with Gasteiger partial charge in [-0.3, -0.25) is 0 Å². The summed E-state index contributed by atoms with van der Waals surface area (Å²) < 4.78 is 6.38. The molecular weight excluding hydrogens is 282 g/mol. The molecule has 0 N–H and O–H groups in total. The molecule has 3 aliphatic rings. The van der Waals surface area contributed by atoms with E-state index in [0.717, 1.165) is 11.8 Å². The van der Waals surface area contributed by atoms with E-state index < -0.39 is 0 Å². The first-order valence-corrected chi connectivity index (χ1v) is 8.26. The molecule has 2 unspecified atom stereocenters. The number of halogens is 1. The van der Waals surface area contributed by atoms with Crippen LogP contribution in [0.5, 0.6) is 5.75 Å². The number of hydrogen-bond acceptors (Lipinski definition) is 2. The Morgan fingerprint density at radius 2 is 1.86 bits per heavy atom. The van der Waals surface area contributed by atoms with Crippen molar-refractivity contribution in [3.8, 4) is 5.75 Å². The molecule has 2 fully saturated rings. The highest BCUT2D eigenvalue weighted by molar-refractivity contribution is 5.85. The molecule has 0 spiro atoms. The van der Waals surface area contributed by atoms with Crippen molar-refractivity contribution in [2.24, 2.45) is 0 Å². The number of piperidine rings is 1. The summed E-state index contributed by atoms with van der Waals surface area (Å²) in [6, 6.07) is 9.42. The summed E-state index contributed by atoms with van der Waals surface area (Å²) in [7, 11) is 0.